The average Bonchev–Trinajstić information content (AvgIpc) is 2.84. The maximum atomic E-state index is 11.2. The highest BCUT2D eigenvalue weighted by molar-refractivity contribution is 5.12. The van der Waals surface area contributed by atoms with Gasteiger partial charge in [-0.05, 0) is 98.7 Å². The fourth-order valence-corrected chi connectivity index (χ4v) is 8.19. The van der Waals surface area contributed by atoms with Crippen LogP contribution in [0.4, 0.5) is 0 Å². The summed E-state index contributed by atoms with van der Waals surface area (Å²) in [6.45, 7) is 6.70. The molecule has 0 aromatic carbocycles. The van der Waals surface area contributed by atoms with Crippen LogP contribution in [0.5, 0.6) is 0 Å². The summed E-state index contributed by atoms with van der Waals surface area (Å²) in [5.74, 6) is 2.59. The van der Waals surface area contributed by atoms with Crippen molar-refractivity contribution in [2.75, 3.05) is 0 Å². The average molecular weight is 337 g/mol. The summed E-state index contributed by atoms with van der Waals surface area (Å²) in [7, 11) is 0. The first-order valence-corrected chi connectivity index (χ1v) is 10.3. The minimum absolute atomic E-state index is 0.103. The number of fused-ring (bicyclic) bond motifs is 5. The number of hydrogen-bond donors (Lipinski definition) is 3. The molecule has 3 heteroatoms. The highest BCUT2D eigenvalue weighted by atomic mass is 16.3. The molecule has 0 radical (unpaired) electrons. The van der Waals surface area contributed by atoms with Crippen LogP contribution in [-0.4, -0.2) is 33.6 Å². The maximum absolute atomic E-state index is 11.2. The van der Waals surface area contributed by atoms with Crippen LogP contribution in [0.3, 0.4) is 0 Å². The van der Waals surface area contributed by atoms with Gasteiger partial charge in [0, 0.05) is 0 Å². The third-order valence-electron chi connectivity index (χ3n) is 9.22. The Morgan fingerprint density at radius 3 is 2.42 bits per heavy atom. The van der Waals surface area contributed by atoms with Crippen molar-refractivity contribution in [1.29, 1.82) is 0 Å². The molecule has 10 atom stereocenters. The molecule has 0 aliphatic heterocycles. The van der Waals surface area contributed by atoms with Gasteiger partial charge in [-0.3, -0.25) is 0 Å². The number of aliphatic hydroxyl groups is 3. The highest BCUT2D eigenvalue weighted by Gasteiger charge is 2.63. The van der Waals surface area contributed by atoms with Crippen molar-refractivity contribution < 1.29 is 15.3 Å². The lowest BCUT2D eigenvalue weighted by atomic mass is 9.44. The molecule has 4 aliphatic carbocycles. The molecule has 4 fully saturated rings. The van der Waals surface area contributed by atoms with Gasteiger partial charge in [0.25, 0.3) is 0 Å². The Hall–Kier alpha value is -0.120. The molecule has 0 aromatic heterocycles. The monoisotopic (exact) mass is 336 g/mol. The second-order valence-electron chi connectivity index (χ2n) is 10.2. The molecular formula is C21H36O3. The smallest absolute Gasteiger partial charge is 0.0581 e. The van der Waals surface area contributed by atoms with Gasteiger partial charge in [-0.2, -0.15) is 0 Å². The van der Waals surface area contributed by atoms with Gasteiger partial charge in [-0.15, -0.1) is 0 Å². The van der Waals surface area contributed by atoms with Gasteiger partial charge >= 0.3 is 0 Å². The molecule has 0 saturated heterocycles. The SMILES string of the molecule is C[C@@H](O)[C@H]1CCC2C3CCC4C[C@@H](O)CC[C@]4(C)C3[C@@H](O)C[C@@]21C. The van der Waals surface area contributed by atoms with Crippen molar-refractivity contribution in [3.63, 3.8) is 0 Å². The number of aliphatic hydroxyl groups excluding tert-OH is 3. The van der Waals surface area contributed by atoms with Crippen molar-refractivity contribution in [2.24, 2.45) is 40.4 Å². The van der Waals surface area contributed by atoms with E-state index in [-0.39, 0.29) is 29.1 Å². The molecule has 4 rings (SSSR count). The van der Waals surface area contributed by atoms with Crippen LogP contribution in [0.1, 0.15) is 72.1 Å². The van der Waals surface area contributed by atoms with Crippen molar-refractivity contribution in [2.45, 2.75) is 90.4 Å². The van der Waals surface area contributed by atoms with E-state index in [1.165, 1.54) is 19.3 Å². The normalized spacial score (nSPS) is 58.5. The van der Waals surface area contributed by atoms with Gasteiger partial charge in [-0.25, -0.2) is 0 Å². The number of rotatable bonds is 1. The van der Waals surface area contributed by atoms with Crippen molar-refractivity contribution >= 4 is 0 Å². The predicted octanol–water partition coefficient (Wildman–Crippen LogP) is 3.36. The van der Waals surface area contributed by atoms with Crippen LogP contribution < -0.4 is 0 Å². The Balaban J connectivity index is 1.66. The van der Waals surface area contributed by atoms with E-state index in [4.69, 9.17) is 0 Å². The molecule has 0 aromatic rings. The Bertz CT molecular complexity index is 491. The van der Waals surface area contributed by atoms with Crippen LogP contribution in [0, 0.1) is 40.4 Å². The maximum Gasteiger partial charge on any atom is 0.0581 e. The van der Waals surface area contributed by atoms with Crippen LogP contribution in [0.2, 0.25) is 0 Å². The summed E-state index contributed by atoms with van der Waals surface area (Å²) in [6.07, 6.45) is 7.91. The highest BCUT2D eigenvalue weighted by Crippen LogP contribution is 2.67. The molecule has 4 saturated carbocycles. The second-order valence-corrected chi connectivity index (χ2v) is 10.2. The zero-order valence-electron chi connectivity index (χ0n) is 15.6. The minimum atomic E-state index is -0.263. The van der Waals surface area contributed by atoms with Crippen molar-refractivity contribution in [3.05, 3.63) is 0 Å². The van der Waals surface area contributed by atoms with E-state index in [1.807, 2.05) is 6.92 Å². The van der Waals surface area contributed by atoms with E-state index in [1.54, 1.807) is 0 Å². The van der Waals surface area contributed by atoms with Crippen molar-refractivity contribution in [1.82, 2.24) is 0 Å². The Kier molecular flexibility index (Phi) is 4.10. The fourth-order valence-electron chi connectivity index (χ4n) is 8.19. The molecule has 138 valence electrons. The zero-order chi connectivity index (χ0) is 17.3. The largest absolute Gasteiger partial charge is 0.393 e. The summed E-state index contributed by atoms with van der Waals surface area (Å²) in [5.41, 5.74) is 0.304. The Morgan fingerprint density at radius 1 is 0.958 bits per heavy atom. The van der Waals surface area contributed by atoms with Crippen molar-refractivity contribution in [3.8, 4) is 0 Å². The first-order valence-electron chi connectivity index (χ1n) is 10.3. The van der Waals surface area contributed by atoms with Gasteiger partial charge < -0.3 is 15.3 Å². The van der Waals surface area contributed by atoms with Gasteiger partial charge in [0.1, 0.15) is 0 Å². The fraction of sp³-hybridized carbons (Fsp3) is 1.00. The molecule has 0 heterocycles. The van der Waals surface area contributed by atoms with Gasteiger partial charge in [0.15, 0.2) is 0 Å². The minimum Gasteiger partial charge on any atom is -0.393 e. The molecule has 4 aliphatic rings. The predicted molar refractivity (Wildman–Crippen MR) is 94.3 cm³/mol. The lowest BCUT2D eigenvalue weighted by Gasteiger charge is -2.62. The second kappa shape index (κ2) is 5.69. The standard InChI is InChI=1S/C21H36O3/c1-12(22)16-6-7-17-15-5-4-13-10-14(23)8-9-20(13,2)19(15)18(24)11-21(16,17)3/h12-19,22-24H,4-11H2,1-3H3/t12-,13?,14+,15?,16-,17?,18+,19?,20+,21-/m1/s1. The topological polar surface area (TPSA) is 60.7 Å². The molecule has 3 N–H and O–H groups in total. The summed E-state index contributed by atoms with van der Waals surface area (Å²) in [5, 5.41) is 31.7. The first-order chi connectivity index (χ1) is 11.3. The molecule has 4 unspecified atom stereocenters. The molecule has 0 bridgehead atoms. The third kappa shape index (κ3) is 2.27. The molecule has 24 heavy (non-hydrogen) atoms. The van der Waals surface area contributed by atoms with Gasteiger partial charge in [-0.1, -0.05) is 13.8 Å². The van der Waals surface area contributed by atoms with Crippen LogP contribution in [-0.2, 0) is 0 Å². The quantitative estimate of drug-likeness (QED) is 0.688. The molecular weight excluding hydrogens is 300 g/mol. The van der Waals surface area contributed by atoms with E-state index in [0.717, 1.165) is 32.1 Å². The van der Waals surface area contributed by atoms with E-state index in [9.17, 15) is 15.3 Å². The molecule has 0 amide bonds. The first kappa shape index (κ1) is 17.3. The summed E-state index contributed by atoms with van der Waals surface area (Å²) in [6, 6.07) is 0. The van der Waals surface area contributed by atoms with E-state index >= 15 is 0 Å². The third-order valence-corrected chi connectivity index (χ3v) is 9.22. The van der Waals surface area contributed by atoms with Gasteiger partial charge in [0.05, 0.1) is 18.3 Å². The zero-order valence-corrected chi connectivity index (χ0v) is 15.6. The van der Waals surface area contributed by atoms with Crippen LogP contribution in [0.15, 0.2) is 0 Å². The Morgan fingerprint density at radius 2 is 1.71 bits per heavy atom. The van der Waals surface area contributed by atoms with Crippen LogP contribution in [0.25, 0.3) is 0 Å². The lowest BCUT2D eigenvalue weighted by molar-refractivity contribution is -0.181. The molecule has 0 spiro atoms. The summed E-state index contributed by atoms with van der Waals surface area (Å²) >= 11 is 0. The van der Waals surface area contributed by atoms with Gasteiger partial charge in [0.2, 0.25) is 0 Å². The van der Waals surface area contributed by atoms with E-state index in [0.29, 0.717) is 29.6 Å². The number of hydrogen-bond acceptors (Lipinski definition) is 3. The lowest BCUT2D eigenvalue weighted by Crippen LogP contribution is -2.59. The van der Waals surface area contributed by atoms with E-state index < -0.39 is 0 Å². The summed E-state index contributed by atoms with van der Waals surface area (Å²) < 4.78 is 0. The Labute approximate surface area is 146 Å². The van der Waals surface area contributed by atoms with E-state index in [2.05, 4.69) is 13.8 Å². The molecule has 3 nitrogen and oxygen atoms in total. The van der Waals surface area contributed by atoms with Crippen LogP contribution >= 0.6 is 0 Å². The summed E-state index contributed by atoms with van der Waals surface area (Å²) in [4.78, 5) is 0.